The molecule has 0 bridgehead atoms. The van der Waals surface area contributed by atoms with E-state index in [4.69, 9.17) is 9.84 Å². The van der Waals surface area contributed by atoms with Gasteiger partial charge >= 0.3 is 0 Å². The van der Waals surface area contributed by atoms with Crippen molar-refractivity contribution in [3.8, 4) is 17.1 Å². The van der Waals surface area contributed by atoms with Gasteiger partial charge in [-0.1, -0.05) is 6.42 Å². The SMILES string of the molecule is COc1cc2ncc(-c3nc(NC4CCCNC4)c(F)cc3F)n2nc1C1CC2(CCC2)C1. The first-order valence-corrected chi connectivity index (χ1v) is 11.8. The Labute approximate surface area is 191 Å². The van der Waals surface area contributed by atoms with Crippen molar-refractivity contribution in [2.24, 2.45) is 5.41 Å². The predicted octanol–water partition coefficient (Wildman–Crippen LogP) is 4.29. The van der Waals surface area contributed by atoms with Crippen molar-refractivity contribution in [3.63, 3.8) is 0 Å². The van der Waals surface area contributed by atoms with Crippen LogP contribution in [0, 0.1) is 17.0 Å². The minimum atomic E-state index is -0.738. The summed E-state index contributed by atoms with van der Waals surface area (Å²) in [5.74, 6) is -0.362. The van der Waals surface area contributed by atoms with Crippen LogP contribution in [0.4, 0.5) is 14.6 Å². The lowest BCUT2D eigenvalue weighted by Gasteiger charge is -2.54. The van der Waals surface area contributed by atoms with Crippen molar-refractivity contribution < 1.29 is 13.5 Å². The van der Waals surface area contributed by atoms with Crippen molar-refractivity contribution in [3.05, 3.63) is 35.7 Å². The Balaban J connectivity index is 1.37. The summed E-state index contributed by atoms with van der Waals surface area (Å²) in [6.45, 7) is 1.67. The van der Waals surface area contributed by atoms with Crippen molar-refractivity contribution >= 4 is 11.5 Å². The van der Waals surface area contributed by atoms with Gasteiger partial charge in [-0.3, -0.25) is 0 Å². The summed E-state index contributed by atoms with van der Waals surface area (Å²) in [7, 11) is 1.64. The lowest BCUT2D eigenvalue weighted by Crippen LogP contribution is -2.41. The molecule has 3 fully saturated rings. The summed E-state index contributed by atoms with van der Waals surface area (Å²) in [4.78, 5) is 8.74. The fourth-order valence-corrected chi connectivity index (χ4v) is 5.70. The highest BCUT2D eigenvalue weighted by Gasteiger charge is 2.49. The molecule has 9 heteroatoms. The number of methoxy groups -OCH3 is 1. The van der Waals surface area contributed by atoms with Crippen molar-refractivity contribution in [1.29, 1.82) is 0 Å². The third-order valence-electron chi connectivity index (χ3n) is 7.67. The number of anilines is 1. The molecule has 0 aromatic carbocycles. The summed E-state index contributed by atoms with van der Waals surface area (Å²) in [5, 5.41) is 11.2. The Morgan fingerprint density at radius 2 is 2.03 bits per heavy atom. The number of nitrogens with zero attached hydrogens (tertiary/aromatic N) is 4. The lowest BCUT2D eigenvalue weighted by molar-refractivity contribution is 0.00648. The number of aromatic nitrogens is 4. The standard InChI is InChI=1S/C24H28F2N6O/c1-33-19-9-20-28-13-18(32(20)31-21(19)14-10-24(11-14)5-3-6-24)22-16(25)8-17(26)23(30-22)29-15-4-2-7-27-12-15/h8-9,13-15,27H,2-7,10-12H2,1H3,(H,29,30). The highest BCUT2D eigenvalue weighted by molar-refractivity contribution is 5.63. The first-order valence-electron chi connectivity index (χ1n) is 11.8. The third kappa shape index (κ3) is 3.53. The number of halogens is 2. The Morgan fingerprint density at radius 1 is 1.18 bits per heavy atom. The second kappa shape index (κ2) is 7.90. The van der Waals surface area contributed by atoms with Crippen molar-refractivity contribution in [2.75, 3.05) is 25.5 Å². The van der Waals surface area contributed by atoms with Gasteiger partial charge < -0.3 is 15.4 Å². The molecule has 1 saturated heterocycles. The number of pyridine rings is 1. The molecule has 6 rings (SSSR count). The summed E-state index contributed by atoms with van der Waals surface area (Å²) < 4.78 is 36.7. The zero-order chi connectivity index (χ0) is 22.6. The second-order valence-corrected chi connectivity index (χ2v) is 9.81. The van der Waals surface area contributed by atoms with E-state index < -0.39 is 11.6 Å². The molecule has 2 aliphatic carbocycles. The van der Waals surface area contributed by atoms with E-state index >= 15 is 0 Å². The van der Waals surface area contributed by atoms with Crippen LogP contribution in [-0.2, 0) is 0 Å². The van der Waals surface area contributed by atoms with Crippen LogP contribution in [0.2, 0.25) is 0 Å². The molecule has 0 radical (unpaired) electrons. The number of hydrogen-bond donors (Lipinski definition) is 2. The first kappa shape index (κ1) is 20.8. The van der Waals surface area contributed by atoms with Crippen LogP contribution < -0.4 is 15.4 Å². The first-order chi connectivity index (χ1) is 16.0. The third-order valence-corrected chi connectivity index (χ3v) is 7.67. The molecule has 3 aromatic heterocycles. The van der Waals surface area contributed by atoms with E-state index in [9.17, 15) is 8.78 Å². The van der Waals surface area contributed by atoms with Gasteiger partial charge in [-0.15, -0.1) is 0 Å². The lowest BCUT2D eigenvalue weighted by atomic mass is 9.51. The Hall–Kier alpha value is -2.81. The number of hydrogen-bond acceptors (Lipinski definition) is 6. The van der Waals surface area contributed by atoms with E-state index in [1.165, 1.54) is 25.5 Å². The number of piperidine rings is 1. The predicted molar refractivity (Wildman–Crippen MR) is 120 cm³/mol. The molecule has 1 spiro atoms. The van der Waals surface area contributed by atoms with Gasteiger partial charge in [0.15, 0.2) is 23.1 Å². The van der Waals surface area contributed by atoms with Gasteiger partial charge in [0, 0.05) is 30.6 Å². The molecule has 4 heterocycles. The molecule has 3 aromatic rings. The van der Waals surface area contributed by atoms with Crippen LogP contribution in [0.15, 0.2) is 18.3 Å². The van der Waals surface area contributed by atoms with Crippen LogP contribution in [0.3, 0.4) is 0 Å². The zero-order valence-electron chi connectivity index (χ0n) is 18.7. The van der Waals surface area contributed by atoms with Gasteiger partial charge in [0.1, 0.15) is 22.8 Å². The number of nitrogens with one attached hydrogen (secondary N) is 2. The van der Waals surface area contributed by atoms with Crippen LogP contribution >= 0.6 is 0 Å². The summed E-state index contributed by atoms with van der Waals surface area (Å²) in [6.07, 6.45) is 9.56. The van der Waals surface area contributed by atoms with Crippen molar-refractivity contribution in [2.45, 2.75) is 56.9 Å². The fraction of sp³-hybridized carbons (Fsp3) is 0.542. The molecule has 2 saturated carbocycles. The zero-order valence-corrected chi connectivity index (χ0v) is 18.7. The highest BCUT2D eigenvalue weighted by atomic mass is 19.1. The maximum Gasteiger partial charge on any atom is 0.168 e. The number of rotatable bonds is 5. The van der Waals surface area contributed by atoms with E-state index in [0.717, 1.165) is 50.5 Å². The van der Waals surface area contributed by atoms with E-state index in [1.54, 1.807) is 11.6 Å². The van der Waals surface area contributed by atoms with Gasteiger partial charge in [-0.2, -0.15) is 5.10 Å². The second-order valence-electron chi connectivity index (χ2n) is 9.81. The molecular formula is C24H28F2N6O. The number of fused-ring (bicyclic) bond motifs is 1. The van der Waals surface area contributed by atoms with E-state index in [2.05, 4.69) is 20.6 Å². The van der Waals surface area contributed by atoms with Crippen LogP contribution in [0.5, 0.6) is 5.75 Å². The molecule has 3 aliphatic rings. The largest absolute Gasteiger partial charge is 0.495 e. The monoisotopic (exact) mass is 454 g/mol. The van der Waals surface area contributed by atoms with Crippen LogP contribution in [0.1, 0.15) is 56.6 Å². The average Bonchev–Trinajstić information content (AvgIpc) is 3.16. The van der Waals surface area contributed by atoms with E-state index in [-0.39, 0.29) is 17.6 Å². The average molecular weight is 455 g/mol. The van der Waals surface area contributed by atoms with E-state index in [1.807, 2.05) is 6.07 Å². The van der Waals surface area contributed by atoms with Gasteiger partial charge in [0.05, 0.1) is 13.3 Å². The van der Waals surface area contributed by atoms with E-state index in [0.29, 0.717) is 28.4 Å². The van der Waals surface area contributed by atoms with Crippen LogP contribution in [0.25, 0.3) is 17.0 Å². The molecule has 33 heavy (non-hydrogen) atoms. The molecular weight excluding hydrogens is 426 g/mol. The van der Waals surface area contributed by atoms with Gasteiger partial charge in [-0.25, -0.2) is 23.3 Å². The summed E-state index contributed by atoms with van der Waals surface area (Å²) in [5.41, 5.74) is 2.33. The minimum absolute atomic E-state index is 0.0304. The molecule has 1 unspecified atom stereocenters. The van der Waals surface area contributed by atoms with Crippen molar-refractivity contribution in [1.82, 2.24) is 24.9 Å². The molecule has 2 N–H and O–H groups in total. The summed E-state index contributed by atoms with van der Waals surface area (Å²) >= 11 is 0. The quantitative estimate of drug-likeness (QED) is 0.599. The maximum absolute atomic E-state index is 14.9. The number of imidazole rings is 1. The molecule has 7 nitrogen and oxygen atoms in total. The number of ether oxygens (including phenoxy) is 1. The Bertz CT molecular complexity index is 1190. The smallest absolute Gasteiger partial charge is 0.168 e. The molecule has 174 valence electrons. The highest BCUT2D eigenvalue weighted by Crippen LogP contribution is 2.62. The normalized spacial score (nSPS) is 22.2. The van der Waals surface area contributed by atoms with Gasteiger partial charge in [-0.05, 0) is 50.5 Å². The fourth-order valence-electron chi connectivity index (χ4n) is 5.70. The van der Waals surface area contributed by atoms with Gasteiger partial charge in [0.25, 0.3) is 0 Å². The Morgan fingerprint density at radius 3 is 2.73 bits per heavy atom. The minimum Gasteiger partial charge on any atom is -0.495 e. The Kier molecular flexibility index (Phi) is 4.97. The molecule has 1 atom stereocenters. The topological polar surface area (TPSA) is 76.4 Å². The summed E-state index contributed by atoms with van der Waals surface area (Å²) in [6, 6.07) is 2.77. The van der Waals surface area contributed by atoms with Crippen LogP contribution in [-0.4, -0.2) is 45.8 Å². The maximum atomic E-state index is 14.9. The molecule has 1 aliphatic heterocycles. The molecule has 0 amide bonds. The van der Waals surface area contributed by atoms with Gasteiger partial charge in [0.2, 0.25) is 0 Å².